The number of phenols is 1. The Kier molecular flexibility index (Phi) is 3.19. The first-order valence-electron chi connectivity index (χ1n) is 4.87. The molecular weight excluding hydrogens is 204 g/mol. The van der Waals surface area contributed by atoms with Crippen molar-refractivity contribution in [2.24, 2.45) is 5.41 Å². The van der Waals surface area contributed by atoms with Crippen molar-refractivity contribution in [3.8, 4) is 11.8 Å². The van der Waals surface area contributed by atoms with Gasteiger partial charge in [0, 0.05) is 18.8 Å². The van der Waals surface area contributed by atoms with E-state index in [1.54, 1.807) is 33.0 Å². The van der Waals surface area contributed by atoms with E-state index < -0.39 is 5.41 Å². The third-order valence-corrected chi connectivity index (χ3v) is 2.34. The van der Waals surface area contributed by atoms with Crippen LogP contribution in [0.5, 0.6) is 5.75 Å². The molecule has 1 amide bonds. The first kappa shape index (κ1) is 12.1. The van der Waals surface area contributed by atoms with E-state index in [4.69, 9.17) is 5.26 Å². The fraction of sp³-hybridized carbons (Fsp3) is 0.333. The number of nitrogens with zero attached hydrogens (tertiary/aromatic N) is 2. The summed E-state index contributed by atoms with van der Waals surface area (Å²) in [6.45, 7) is 3.13. The van der Waals surface area contributed by atoms with Gasteiger partial charge in [0.1, 0.15) is 11.2 Å². The largest absolute Gasteiger partial charge is 0.508 e. The molecular formula is C12H14N2O2. The highest BCUT2D eigenvalue weighted by atomic mass is 16.3. The maximum Gasteiger partial charge on any atom is 0.246 e. The molecule has 0 radical (unpaired) electrons. The second-order valence-electron chi connectivity index (χ2n) is 4.12. The molecule has 0 spiro atoms. The van der Waals surface area contributed by atoms with Crippen LogP contribution in [0.1, 0.15) is 13.8 Å². The molecule has 16 heavy (non-hydrogen) atoms. The van der Waals surface area contributed by atoms with Gasteiger partial charge in [0.05, 0.1) is 6.07 Å². The molecule has 0 bridgehead atoms. The molecule has 0 fully saturated rings. The summed E-state index contributed by atoms with van der Waals surface area (Å²) in [5, 5.41) is 18.2. The van der Waals surface area contributed by atoms with Gasteiger partial charge in [-0.3, -0.25) is 4.79 Å². The van der Waals surface area contributed by atoms with Gasteiger partial charge < -0.3 is 10.0 Å². The number of carbonyl (C=O) groups is 1. The van der Waals surface area contributed by atoms with Gasteiger partial charge in [-0.2, -0.15) is 5.26 Å². The summed E-state index contributed by atoms with van der Waals surface area (Å²) in [6, 6.07) is 8.30. The number of rotatable bonds is 2. The van der Waals surface area contributed by atoms with Crippen LogP contribution in [0, 0.1) is 16.7 Å². The summed E-state index contributed by atoms with van der Waals surface area (Å²) in [7, 11) is 1.58. The van der Waals surface area contributed by atoms with E-state index in [1.165, 1.54) is 17.0 Å². The zero-order valence-corrected chi connectivity index (χ0v) is 9.56. The smallest absolute Gasteiger partial charge is 0.246 e. The monoisotopic (exact) mass is 218 g/mol. The van der Waals surface area contributed by atoms with E-state index in [-0.39, 0.29) is 11.7 Å². The maximum atomic E-state index is 11.9. The van der Waals surface area contributed by atoms with Crippen LogP contribution in [-0.2, 0) is 4.79 Å². The number of aromatic hydroxyl groups is 1. The minimum atomic E-state index is -1.07. The van der Waals surface area contributed by atoms with E-state index in [2.05, 4.69) is 0 Å². The predicted octanol–water partition coefficient (Wildman–Crippen LogP) is 1.90. The Hall–Kier alpha value is -2.02. The molecule has 0 heterocycles. The van der Waals surface area contributed by atoms with Gasteiger partial charge in [-0.15, -0.1) is 0 Å². The van der Waals surface area contributed by atoms with Crippen LogP contribution in [0.3, 0.4) is 0 Å². The molecule has 0 aliphatic carbocycles. The summed E-state index contributed by atoms with van der Waals surface area (Å²) >= 11 is 0. The lowest BCUT2D eigenvalue weighted by Crippen LogP contribution is -2.37. The molecule has 0 saturated carbocycles. The van der Waals surface area contributed by atoms with Gasteiger partial charge in [0.2, 0.25) is 5.91 Å². The van der Waals surface area contributed by atoms with Crippen molar-refractivity contribution in [2.75, 3.05) is 11.9 Å². The molecule has 0 aliphatic rings. The second kappa shape index (κ2) is 4.23. The molecule has 0 unspecified atom stereocenters. The number of hydrogen-bond acceptors (Lipinski definition) is 3. The molecule has 1 rings (SSSR count). The molecule has 1 aromatic rings. The van der Waals surface area contributed by atoms with Crippen LogP contribution >= 0.6 is 0 Å². The topological polar surface area (TPSA) is 64.3 Å². The van der Waals surface area contributed by atoms with Crippen LogP contribution in [0.2, 0.25) is 0 Å². The van der Waals surface area contributed by atoms with Crippen molar-refractivity contribution in [2.45, 2.75) is 13.8 Å². The third kappa shape index (κ3) is 2.31. The van der Waals surface area contributed by atoms with Crippen molar-refractivity contribution in [3.63, 3.8) is 0 Å². The molecule has 0 aliphatic heterocycles. The van der Waals surface area contributed by atoms with Gasteiger partial charge >= 0.3 is 0 Å². The Morgan fingerprint density at radius 2 is 2.12 bits per heavy atom. The summed E-state index contributed by atoms with van der Waals surface area (Å²) in [6.07, 6.45) is 0. The molecule has 4 heteroatoms. The SMILES string of the molecule is CN(C(=O)C(C)(C)C#N)c1cccc(O)c1. The van der Waals surface area contributed by atoms with Gasteiger partial charge in [0.15, 0.2) is 0 Å². The lowest BCUT2D eigenvalue weighted by molar-refractivity contribution is -0.123. The van der Waals surface area contributed by atoms with Gasteiger partial charge in [-0.25, -0.2) is 0 Å². The molecule has 4 nitrogen and oxygen atoms in total. The highest BCUT2D eigenvalue weighted by Crippen LogP contribution is 2.24. The normalized spacial score (nSPS) is 10.6. The number of hydrogen-bond donors (Lipinski definition) is 1. The summed E-state index contributed by atoms with van der Waals surface area (Å²) in [4.78, 5) is 13.3. The molecule has 0 saturated heterocycles. The average Bonchev–Trinajstić information content (AvgIpc) is 2.27. The van der Waals surface area contributed by atoms with E-state index in [0.29, 0.717) is 5.69 Å². The molecule has 1 aromatic carbocycles. The Bertz CT molecular complexity index is 447. The van der Waals surface area contributed by atoms with Crippen molar-refractivity contribution >= 4 is 11.6 Å². The Morgan fingerprint density at radius 3 is 2.62 bits per heavy atom. The standard InChI is InChI=1S/C12H14N2O2/c1-12(2,8-13)11(16)14(3)9-5-4-6-10(15)7-9/h4-7,15H,1-3H3. The van der Waals surface area contributed by atoms with Crippen molar-refractivity contribution in [3.05, 3.63) is 24.3 Å². The van der Waals surface area contributed by atoms with Crippen LogP contribution in [0.25, 0.3) is 0 Å². The second-order valence-corrected chi connectivity index (χ2v) is 4.12. The molecule has 0 aromatic heterocycles. The predicted molar refractivity (Wildman–Crippen MR) is 60.9 cm³/mol. The Labute approximate surface area is 94.7 Å². The van der Waals surface area contributed by atoms with Gasteiger partial charge in [-0.05, 0) is 26.0 Å². The molecule has 1 N–H and O–H groups in total. The zero-order valence-electron chi connectivity index (χ0n) is 9.56. The Morgan fingerprint density at radius 1 is 1.50 bits per heavy atom. The minimum absolute atomic E-state index is 0.0897. The lowest BCUT2D eigenvalue weighted by Gasteiger charge is -2.24. The maximum absolute atomic E-state index is 11.9. The van der Waals surface area contributed by atoms with Gasteiger partial charge in [0.25, 0.3) is 0 Å². The van der Waals surface area contributed by atoms with E-state index in [1.807, 2.05) is 6.07 Å². The molecule has 84 valence electrons. The van der Waals surface area contributed by atoms with E-state index in [0.717, 1.165) is 0 Å². The zero-order chi connectivity index (χ0) is 12.3. The van der Waals surface area contributed by atoms with Crippen LogP contribution in [0.15, 0.2) is 24.3 Å². The summed E-state index contributed by atoms with van der Waals surface area (Å²) in [5.74, 6) is -0.215. The summed E-state index contributed by atoms with van der Waals surface area (Å²) < 4.78 is 0. The number of carbonyl (C=O) groups excluding carboxylic acids is 1. The number of phenolic OH excluding ortho intramolecular Hbond substituents is 1. The van der Waals surface area contributed by atoms with E-state index >= 15 is 0 Å². The number of amides is 1. The third-order valence-electron chi connectivity index (χ3n) is 2.34. The quantitative estimate of drug-likeness (QED) is 0.824. The van der Waals surface area contributed by atoms with Crippen molar-refractivity contribution in [1.82, 2.24) is 0 Å². The van der Waals surface area contributed by atoms with E-state index in [9.17, 15) is 9.90 Å². The van der Waals surface area contributed by atoms with Crippen LogP contribution < -0.4 is 4.90 Å². The highest BCUT2D eigenvalue weighted by molar-refractivity contribution is 5.98. The average molecular weight is 218 g/mol. The number of anilines is 1. The fourth-order valence-corrected chi connectivity index (χ4v) is 1.29. The highest BCUT2D eigenvalue weighted by Gasteiger charge is 2.30. The first-order valence-corrected chi connectivity index (χ1v) is 4.87. The Balaban J connectivity index is 3.00. The number of benzene rings is 1. The van der Waals surface area contributed by atoms with Crippen molar-refractivity contribution in [1.29, 1.82) is 5.26 Å². The summed E-state index contributed by atoms with van der Waals surface area (Å²) in [5.41, 5.74) is -0.506. The fourth-order valence-electron chi connectivity index (χ4n) is 1.29. The van der Waals surface area contributed by atoms with Crippen LogP contribution in [0.4, 0.5) is 5.69 Å². The first-order chi connectivity index (χ1) is 7.38. The number of nitriles is 1. The van der Waals surface area contributed by atoms with Gasteiger partial charge in [-0.1, -0.05) is 6.07 Å². The minimum Gasteiger partial charge on any atom is -0.508 e. The van der Waals surface area contributed by atoms with Crippen molar-refractivity contribution < 1.29 is 9.90 Å². The lowest BCUT2D eigenvalue weighted by atomic mass is 9.94. The van der Waals surface area contributed by atoms with Crippen LogP contribution in [-0.4, -0.2) is 18.1 Å². The molecule has 0 atom stereocenters.